The van der Waals surface area contributed by atoms with Gasteiger partial charge in [0.25, 0.3) is 0 Å². The third kappa shape index (κ3) is 3.30. The van der Waals surface area contributed by atoms with Gasteiger partial charge in [-0.1, -0.05) is 48.5 Å². The fraction of sp³-hybridized carbons (Fsp3) is 0.0952. The molecule has 0 amide bonds. The number of carbonyl (C=O) groups is 1. The van der Waals surface area contributed by atoms with E-state index in [0.29, 0.717) is 5.56 Å². The standard InChI is InChI=1S/C21H18O3/c1-23-20-13-11-18(12-14-20)16-5-3-15(4-6-16)17-7-9-19(10-8-17)21(22)24-2/h3-14H,1-2H3. The molecule has 3 aromatic carbocycles. The van der Waals surface area contributed by atoms with Gasteiger partial charge in [-0.25, -0.2) is 4.79 Å². The first-order valence-electron chi connectivity index (χ1n) is 7.64. The zero-order chi connectivity index (χ0) is 16.9. The van der Waals surface area contributed by atoms with Crippen molar-refractivity contribution in [2.75, 3.05) is 14.2 Å². The Morgan fingerprint density at radius 2 is 1.00 bits per heavy atom. The van der Waals surface area contributed by atoms with Crippen molar-refractivity contribution in [1.82, 2.24) is 0 Å². The molecule has 0 aliphatic rings. The van der Waals surface area contributed by atoms with Crippen molar-refractivity contribution < 1.29 is 14.3 Å². The third-order valence-electron chi connectivity index (χ3n) is 3.95. The van der Waals surface area contributed by atoms with Crippen molar-refractivity contribution in [2.45, 2.75) is 0 Å². The van der Waals surface area contributed by atoms with Gasteiger partial charge in [0, 0.05) is 0 Å². The summed E-state index contributed by atoms with van der Waals surface area (Å²) in [6.45, 7) is 0. The molecule has 3 rings (SSSR count). The summed E-state index contributed by atoms with van der Waals surface area (Å²) in [6, 6.07) is 23.7. The van der Waals surface area contributed by atoms with Gasteiger partial charge in [0.05, 0.1) is 19.8 Å². The number of benzene rings is 3. The lowest BCUT2D eigenvalue weighted by Crippen LogP contribution is -2.00. The van der Waals surface area contributed by atoms with E-state index in [2.05, 4.69) is 24.3 Å². The van der Waals surface area contributed by atoms with Gasteiger partial charge < -0.3 is 9.47 Å². The molecule has 3 aromatic rings. The Bertz CT molecular complexity index is 816. The summed E-state index contributed by atoms with van der Waals surface area (Å²) in [7, 11) is 3.05. The molecule has 0 saturated heterocycles. The summed E-state index contributed by atoms with van der Waals surface area (Å²) in [6.07, 6.45) is 0. The Labute approximate surface area is 141 Å². The van der Waals surface area contributed by atoms with E-state index >= 15 is 0 Å². The molecule has 0 fully saturated rings. The molecule has 0 heterocycles. The van der Waals surface area contributed by atoms with Gasteiger partial charge in [-0.15, -0.1) is 0 Å². The summed E-state index contributed by atoms with van der Waals surface area (Å²) in [5, 5.41) is 0. The van der Waals surface area contributed by atoms with Crippen LogP contribution in [0.5, 0.6) is 5.75 Å². The molecule has 0 saturated carbocycles. The molecule has 0 aromatic heterocycles. The second-order valence-electron chi connectivity index (χ2n) is 5.37. The third-order valence-corrected chi connectivity index (χ3v) is 3.95. The number of hydrogen-bond donors (Lipinski definition) is 0. The highest BCUT2D eigenvalue weighted by atomic mass is 16.5. The second kappa shape index (κ2) is 7.01. The molecule has 24 heavy (non-hydrogen) atoms. The van der Waals surface area contributed by atoms with Crippen molar-refractivity contribution in [3.8, 4) is 28.0 Å². The first-order valence-corrected chi connectivity index (χ1v) is 7.64. The minimum atomic E-state index is -0.323. The Kier molecular flexibility index (Phi) is 4.62. The van der Waals surface area contributed by atoms with Crippen molar-refractivity contribution in [3.05, 3.63) is 78.4 Å². The van der Waals surface area contributed by atoms with Crippen molar-refractivity contribution in [3.63, 3.8) is 0 Å². The number of methoxy groups -OCH3 is 2. The number of ether oxygens (including phenoxy) is 2. The van der Waals surface area contributed by atoms with Gasteiger partial charge in [0.15, 0.2) is 0 Å². The molecular formula is C21H18O3. The van der Waals surface area contributed by atoms with E-state index in [1.54, 1.807) is 19.2 Å². The maximum Gasteiger partial charge on any atom is 0.337 e. The number of esters is 1. The average molecular weight is 318 g/mol. The summed E-state index contributed by atoms with van der Waals surface area (Å²) in [5.74, 6) is 0.525. The predicted octanol–water partition coefficient (Wildman–Crippen LogP) is 4.82. The quantitative estimate of drug-likeness (QED) is 0.647. The van der Waals surface area contributed by atoms with Crippen LogP contribution in [0.4, 0.5) is 0 Å². The Balaban J connectivity index is 1.82. The molecule has 0 N–H and O–H groups in total. The lowest BCUT2D eigenvalue weighted by molar-refractivity contribution is 0.0601. The minimum absolute atomic E-state index is 0.323. The number of rotatable bonds is 4. The zero-order valence-corrected chi connectivity index (χ0v) is 13.7. The fourth-order valence-electron chi connectivity index (χ4n) is 2.56. The van der Waals surface area contributed by atoms with Crippen molar-refractivity contribution >= 4 is 5.97 Å². The number of carbonyl (C=O) groups excluding carboxylic acids is 1. The first-order chi connectivity index (χ1) is 11.7. The number of hydrogen-bond acceptors (Lipinski definition) is 3. The zero-order valence-electron chi connectivity index (χ0n) is 13.7. The van der Waals surface area contributed by atoms with Crippen LogP contribution in [0.2, 0.25) is 0 Å². The van der Waals surface area contributed by atoms with Crippen LogP contribution >= 0.6 is 0 Å². The molecule has 0 aliphatic heterocycles. The lowest BCUT2D eigenvalue weighted by Gasteiger charge is -2.07. The molecule has 0 atom stereocenters. The molecule has 3 heteroatoms. The highest BCUT2D eigenvalue weighted by Gasteiger charge is 2.05. The molecule has 120 valence electrons. The minimum Gasteiger partial charge on any atom is -0.497 e. The molecule has 0 radical (unpaired) electrons. The summed E-state index contributed by atoms with van der Waals surface area (Å²) in [5.41, 5.74) is 5.00. The Morgan fingerprint density at radius 1 is 0.625 bits per heavy atom. The van der Waals surface area contributed by atoms with Crippen LogP contribution in [-0.2, 0) is 4.74 Å². The normalized spacial score (nSPS) is 10.2. The van der Waals surface area contributed by atoms with Gasteiger partial charge >= 0.3 is 5.97 Å². The highest BCUT2D eigenvalue weighted by Crippen LogP contribution is 2.26. The van der Waals surface area contributed by atoms with E-state index in [4.69, 9.17) is 9.47 Å². The average Bonchev–Trinajstić information content (AvgIpc) is 2.68. The van der Waals surface area contributed by atoms with Crippen LogP contribution < -0.4 is 4.74 Å². The van der Waals surface area contributed by atoms with Crippen molar-refractivity contribution in [1.29, 1.82) is 0 Å². The van der Waals surface area contributed by atoms with E-state index in [1.165, 1.54) is 7.11 Å². The summed E-state index contributed by atoms with van der Waals surface area (Å²) < 4.78 is 9.90. The topological polar surface area (TPSA) is 35.5 Å². The van der Waals surface area contributed by atoms with E-state index in [0.717, 1.165) is 28.0 Å². The van der Waals surface area contributed by atoms with Gasteiger partial charge in [0.2, 0.25) is 0 Å². The molecule has 0 unspecified atom stereocenters. The van der Waals surface area contributed by atoms with Crippen LogP contribution in [0, 0.1) is 0 Å². The molecular weight excluding hydrogens is 300 g/mol. The van der Waals surface area contributed by atoms with Crippen molar-refractivity contribution in [2.24, 2.45) is 0 Å². The maximum atomic E-state index is 11.5. The van der Waals surface area contributed by atoms with Gasteiger partial charge in [0.1, 0.15) is 5.75 Å². The predicted molar refractivity (Wildman–Crippen MR) is 95.2 cm³/mol. The van der Waals surface area contributed by atoms with E-state index in [1.807, 2.05) is 36.4 Å². The van der Waals surface area contributed by atoms with Crippen LogP contribution in [0.3, 0.4) is 0 Å². The largest absolute Gasteiger partial charge is 0.497 e. The monoisotopic (exact) mass is 318 g/mol. The van der Waals surface area contributed by atoms with Gasteiger partial charge in [-0.05, 0) is 46.5 Å². The highest BCUT2D eigenvalue weighted by molar-refractivity contribution is 5.90. The van der Waals surface area contributed by atoms with E-state index in [9.17, 15) is 4.79 Å². The van der Waals surface area contributed by atoms with Gasteiger partial charge in [-0.2, -0.15) is 0 Å². The molecule has 0 bridgehead atoms. The Morgan fingerprint density at radius 3 is 1.38 bits per heavy atom. The fourth-order valence-corrected chi connectivity index (χ4v) is 2.56. The van der Waals surface area contributed by atoms with E-state index in [-0.39, 0.29) is 5.97 Å². The van der Waals surface area contributed by atoms with Crippen LogP contribution in [-0.4, -0.2) is 20.2 Å². The molecule has 3 nitrogen and oxygen atoms in total. The maximum absolute atomic E-state index is 11.5. The molecule has 0 aliphatic carbocycles. The lowest BCUT2D eigenvalue weighted by atomic mass is 9.99. The summed E-state index contributed by atoms with van der Waals surface area (Å²) >= 11 is 0. The first kappa shape index (κ1) is 15.8. The SMILES string of the molecule is COC(=O)c1ccc(-c2ccc(-c3ccc(OC)cc3)cc2)cc1. The summed E-state index contributed by atoms with van der Waals surface area (Å²) in [4.78, 5) is 11.5. The smallest absolute Gasteiger partial charge is 0.337 e. The van der Waals surface area contributed by atoms with Crippen LogP contribution in [0.15, 0.2) is 72.8 Å². The van der Waals surface area contributed by atoms with Crippen LogP contribution in [0.25, 0.3) is 22.3 Å². The second-order valence-corrected chi connectivity index (χ2v) is 5.37. The molecule has 0 spiro atoms. The van der Waals surface area contributed by atoms with Crippen LogP contribution in [0.1, 0.15) is 10.4 Å². The Hall–Kier alpha value is -3.07. The van der Waals surface area contributed by atoms with E-state index < -0.39 is 0 Å². The van der Waals surface area contributed by atoms with Gasteiger partial charge in [-0.3, -0.25) is 0 Å².